The van der Waals surface area contributed by atoms with Crippen molar-refractivity contribution in [2.45, 2.75) is 44.9 Å². The second-order valence-corrected chi connectivity index (χ2v) is 5.44. The Morgan fingerprint density at radius 3 is 2.89 bits per heavy atom. The van der Waals surface area contributed by atoms with E-state index in [2.05, 4.69) is 17.9 Å². The largest absolute Gasteiger partial charge is 0.508 e. The van der Waals surface area contributed by atoms with Crippen molar-refractivity contribution in [2.24, 2.45) is 0 Å². The number of aromatic hydroxyl groups is 1. The lowest BCUT2D eigenvalue weighted by Gasteiger charge is -2.33. The van der Waals surface area contributed by atoms with Crippen molar-refractivity contribution in [1.82, 2.24) is 4.90 Å². The van der Waals surface area contributed by atoms with E-state index < -0.39 is 0 Å². The first kappa shape index (κ1) is 16.3. The van der Waals surface area contributed by atoms with Gasteiger partial charge in [-0.05, 0) is 56.0 Å². The van der Waals surface area contributed by atoms with Crippen LogP contribution in [0.5, 0.6) is 5.75 Å². The molecule has 1 aromatic rings. The fourth-order valence-electron chi connectivity index (χ4n) is 2.89. The van der Waals surface area contributed by atoms with Crippen LogP contribution in [0.15, 0.2) is 24.3 Å². The van der Waals surface area contributed by atoms with Gasteiger partial charge in [-0.15, -0.1) is 12.4 Å². The van der Waals surface area contributed by atoms with Crippen molar-refractivity contribution >= 4 is 12.4 Å². The number of phenols is 1. The lowest BCUT2D eigenvalue weighted by Crippen LogP contribution is -2.35. The summed E-state index contributed by atoms with van der Waals surface area (Å²) in [5, 5.41) is 9.57. The lowest BCUT2D eigenvalue weighted by molar-refractivity contribution is 0.204. The fourth-order valence-corrected chi connectivity index (χ4v) is 2.89. The summed E-state index contributed by atoms with van der Waals surface area (Å²) >= 11 is 0. The Balaban J connectivity index is 0.00000180. The molecular weight excluding hydrogens is 258 g/mol. The zero-order chi connectivity index (χ0) is 12.8. The maximum absolute atomic E-state index is 9.57. The van der Waals surface area contributed by atoms with Crippen LogP contribution in [0, 0.1) is 0 Å². The first-order chi connectivity index (χ1) is 8.79. The number of hydrogen-bond donors (Lipinski definition) is 1. The summed E-state index contributed by atoms with van der Waals surface area (Å²) in [4.78, 5) is 2.59. The molecule has 1 saturated heterocycles. The topological polar surface area (TPSA) is 23.5 Å². The summed E-state index contributed by atoms with van der Waals surface area (Å²) in [5.41, 5.74) is 1.30. The predicted molar refractivity (Wildman–Crippen MR) is 83.3 cm³/mol. The normalized spacial score (nSPS) is 19.9. The Morgan fingerprint density at radius 2 is 2.16 bits per heavy atom. The zero-order valence-corrected chi connectivity index (χ0v) is 12.7. The molecule has 0 amide bonds. The van der Waals surface area contributed by atoms with Crippen LogP contribution in [-0.4, -0.2) is 29.6 Å². The minimum absolute atomic E-state index is 0. The summed E-state index contributed by atoms with van der Waals surface area (Å²) in [7, 11) is 0. The lowest BCUT2D eigenvalue weighted by atomic mass is 9.90. The van der Waals surface area contributed by atoms with E-state index in [4.69, 9.17) is 0 Å². The third-order valence-corrected chi connectivity index (χ3v) is 3.93. The SMILES string of the molecule is CCCCCN1CCCC(c2cccc(O)c2)C1.Cl. The van der Waals surface area contributed by atoms with Crippen LogP contribution in [0.1, 0.15) is 50.5 Å². The van der Waals surface area contributed by atoms with E-state index in [1.54, 1.807) is 6.07 Å². The quantitative estimate of drug-likeness (QED) is 0.820. The molecule has 0 spiro atoms. The van der Waals surface area contributed by atoms with Gasteiger partial charge in [0.2, 0.25) is 0 Å². The standard InChI is InChI=1S/C16H25NO.ClH/c1-2-3-4-10-17-11-6-8-15(13-17)14-7-5-9-16(18)12-14;/h5,7,9,12,15,18H,2-4,6,8,10-11,13H2,1H3;1H. The first-order valence-corrected chi connectivity index (χ1v) is 7.31. The summed E-state index contributed by atoms with van der Waals surface area (Å²) in [6, 6.07) is 7.80. The predicted octanol–water partition coefficient (Wildman–Crippen LogP) is 4.18. The summed E-state index contributed by atoms with van der Waals surface area (Å²) in [6.45, 7) is 5.90. The van der Waals surface area contributed by atoms with E-state index in [1.165, 1.54) is 50.8 Å². The van der Waals surface area contributed by atoms with Gasteiger partial charge in [0.25, 0.3) is 0 Å². The molecule has 0 saturated carbocycles. The molecule has 0 radical (unpaired) electrons. The summed E-state index contributed by atoms with van der Waals surface area (Å²) < 4.78 is 0. The van der Waals surface area contributed by atoms with Gasteiger partial charge in [-0.3, -0.25) is 0 Å². The van der Waals surface area contributed by atoms with E-state index in [-0.39, 0.29) is 12.4 Å². The molecule has 1 heterocycles. The van der Waals surface area contributed by atoms with Gasteiger partial charge in [0.15, 0.2) is 0 Å². The van der Waals surface area contributed by atoms with Crippen molar-refractivity contribution in [2.75, 3.05) is 19.6 Å². The van der Waals surface area contributed by atoms with Crippen LogP contribution in [0.4, 0.5) is 0 Å². The van der Waals surface area contributed by atoms with E-state index in [9.17, 15) is 5.11 Å². The van der Waals surface area contributed by atoms with E-state index >= 15 is 0 Å². The number of likely N-dealkylation sites (tertiary alicyclic amines) is 1. The Morgan fingerprint density at radius 1 is 1.32 bits per heavy atom. The molecule has 1 atom stereocenters. The maximum Gasteiger partial charge on any atom is 0.115 e. The van der Waals surface area contributed by atoms with E-state index in [1.807, 2.05) is 12.1 Å². The van der Waals surface area contributed by atoms with Gasteiger partial charge in [0.05, 0.1) is 0 Å². The van der Waals surface area contributed by atoms with Gasteiger partial charge in [0.1, 0.15) is 5.75 Å². The molecule has 2 rings (SSSR count). The van der Waals surface area contributed by atoms with Gasteiger partial charge in [-0.1, -0.05) is 31.9 Å². The molecule has 1 aliphatic rings. The highest BCUT2D eigenvalue weighted by molar-refractivity contribution is 5.85. The third-order valence-electron chi connectivity index (χ3n) is 3.93. The number of phenolic OH excluding ortho intramolecular Hbond substituents is 1. The number of halogens is 1. The third kappa shape index (κ3) is 5.04. The van der Waals surface area contributed by atoms with Crippen LogP contribution < -0.4 is 0 Å². The fraction of sp³-hybridized carbons (Fsp3) is 0.625. The number of benzene rings is 1. The number of piperidine rings is 1. The Labute approximate surface area is 123 Å². The molecule has 0 aromatic heterocycles. The molecule has 1 unspecified atom stereocenters. The van der Waals surface area contributed by atoms with Gasteiger partial charge < -0.3 is 10.0 Å². The van der Waals surface area contributed by atoms with Gasteiger partial charge in [0, 0.05) is 6.54 Å². The highest BCUT2D eigenvalue weighted by Crippen LogP contribution is 2.28. The average molecular weight is 284 g/mol. The number of unbranched alkanes of at least 4 members (excludes halogenated alkanes) is 2. The second-order valence-electron chi connectivity index (χ2n) is 5.44. The Kier molecular flexibility index (Phi) is 7.25. The summed E-state index contributed by atoms with van der Waals surface area (Å²) in [5.74, 6) is 1.00. The number of rotatable bonds is 5. The molecule has 0 aliphatic carbocycles. The van der Waals surface area contributed by atoms with E-state index in [0.29, 0.717) is 11.7 Å². The smallest absolute Gasteiger partial charge is 0.115 e. The van der Waals surface area contributed by atoms with Crippen molar-refractivity contribution in [3.05, 3.63) is 29.8 Å². The van der Waals surface area contributed by atoms with Gasteiger partial charge in [-0.2, -0.15) is 0 Å². The van der Waals surface area contributed by atoms with Crippen molar-refractivity contribution < 1.29 is 5.11 Å². The molecule has 3 heteroatoms. The Hall–Kier alpha value is -0.730. The van der Waals surface area contributed by atoms with Crippen LogP contribution in [-0.2, 0) is 0 Å². The molecule has 108 valence electrons. The van der Waals surface area contributed by atoms with Crippen LogP contribution in [0.3, 0.4) is 0 Å². The number of hydrogen-bond acceptors (Lipinski definition) is 2. The molecule has 1 N–H and O–H groups in total. The molecule has 1 fully saturated rings. The molecular formula is C16H26ClNO. The van der Waals surface area contributed by atoms with Crippen molar-refractivity contribution in [1.29, 1.82) is 0 Å². The van der Waals surface area contributed by atoms with Gasteiger partial charge in [-0.25, -0.2) is 0 Å². The zero-order valence-electron chi connectivity index (χ0n) is 11.8. The Bertz CT molecular complexity index is 370. The molecule has 1 aliphatic heterocycles. The van der Waals surface area contributed by atoms with E-state index in [0.717, 1.165) is 6.54 Å². The molecule has 19 heavy (non-hydrogen) atoms. The van der Waals surface area contributed by atoms with Crippen LogP contribution >= 0.6 is 12.4 Å². The molecule has 1 aromatic carbocycles. The summed E-state index contributed by atoms with van der Waals surface area (Å²) in [6.07, 6.45) is 6.50. The van der Waals surface area contributed by atoms with Crippen molar-refractivity contribution in [3.8, 4) is 5.75 Å². The maximum atomic E-state index is 9.57. The van der Waals surface area contributed by atoms with Crippen molar-refractivity contribution in [3.63, 3.8) is 0 Å². The highest BCUT2D eigenvalue weighted by Gasteiger charge is 2.20. The minimum atomic E-state index is 0. The monoisotopic (exact) mass is 283 g/mol. The van der Waals surface area contributed by atoms with Crippen LogP contribution in [0.25, 0.3) is 0 Å². The highest BCUT2D eigenvalue weighted by atomic mass is 35.5. The molecule has 0 bridgehead atoms. The number of nitrogens with zero attached hydrogens (tertiary/aromatic N) is 1. The minimum Gasteiger partial charge on any atom is -0.508 e. The molecule has 2 nitrogen and oxygen atoms in total. The van der Waals surface area contributed by atoms with Gasteiger partial charge >= 0.3 is 0 Å². The average Bonchev–Trinajstić information content (AvgIpc) is 2.39. The van der Waals surface area contributed by atoms with Crippen LogP contribution in [0.2, 0.25) is 0 Å². The first-order valence-electron chi connectivity index (χ1n) is 7.31. The second kappa shape index (κ2) is 8.44.